The molecule has 1 saturated heterocycles. The fraction of sp³-hybridized carbons (Fsp3) is 0.111. The number of amidine groups is 1. The summed E-state index contributed by atoms with van der Waals surface area (Å²) in [5.41, 5.74) is 2.47. The van der Waals surface area contributed by atoms with Crippen molar-refractivity contribution >= 4 is 78.1 Å². The number of amides is 1. The van der Waals surface area contributed by atoms with E-state index in [2.05, 4.69) is 42.2 Å². The van der Waals surface area contributed by atoms with E-state index in [1.54, 1.807) is 7.11 Å². The molecule has 1 amide bonds. The van der Waals surface area contributed by atoms with Gasteiger partial charge in [0.2, 0.25) is 0 Å². The highest BCUT2D eigenvalue weighted by atomic mass is 79.9. The third-order valence-electron chi connectivity index (χ3n) is 3.63. The second-order valence-corrected chi connectivity index (χ2v) is 8.53. The topological polar surface area (TPSA) is 50.7 Å². The van der Waals surface area contributed by atoms with E-state index in [1.165, 1.54) is 11.8 Å². The number of rotatable bonds is 3. The van der Waals surface area contributed by atoms with Crippen LogP contribution >= 0.6 is 55.2 Å². The lowest BCUT2D eigenvalue weighted by Crippen LogP contribution is -2.19. The van der Waals surface area contributed by atoms with Crippen LogP contribution < -0.4 is 10.1 Å². The summed E-state index contributed by atoms with van der Waals surface area (Å²) >= 11 is 14.3. The Labute approximate surface area is 177 Å². The van der Waals surface area contributed by atoms with Crippen molar-refractivity contribution in [2.24, 2.45) is 4.99 Å². The maximum absolute atomic E-state index is 12.3. The van der Waals surface area contributed by atoms with Gasteiger partial charge in [0, 0.05) is 5.02 Å². The van der Waals surface area contributed by atoms with Gasteiger partial charge in [0.25, 0.3) is 5.91 Å². The standard InChI is InChI=1S/C18H13Br2ClN2O2S/c1-9-13(21)4-3-5-14(9)22-18-23-17(24)15(26-18)8-10-6-11(19)16(25-2)12(20)7-10/h3-8H,1-2H3,(H,22,23,24)/b15-8-. The molecule has 0 bridgehead atoms. The Kier molecular flexibility index (Phi) is 6.12. The maximum atomic E-state index is 12.3. The van der Waals surface area contributed by atoms with E-state index >= 15 is 0 Å². The van der Waals surface area contributed by atoms with Gasteiger partial charge in [-0.25, -0.2) is 4.99 Å². The highest BCUT2D eigenvalue weighted by Gasteiger charge is 2.24. The molecule has 1 N–H and O–H groups in total. The molecule has 8 heteroatoms. The van der Waals surface area contributed by atoms with Crippen LogP contribution in [0.5, 0.6) is 5.75 Å². The van der Waals surface area contributed by atoms with Crippen LogP contribution in [0.15, 0.2) is 49.2 Å². The van der Waals surface area contributed by atoms with Crippen LogP contribution in [0.2, 0.25) is 5.02 Å². The molecular formula is C18H13Br2ClN2O2S. The summed E-state index contributed by atoms with van der Waals surface area (Å²) in [5.74, 6) is 0.519. The number of halogens is 3. The third kappa shape index (κ3) is 4.17. The molecule has 0 unspecified atom stereocenters. The van der Waals surface area contributed by atoms with E-state index in [0.717, 1.165) is 25.8 Å². The zero-order chi connectivity index (χ0) is 18.8. The van der Waals surface area contributed by atoms with Crippen molar-refractivity contribution in [3.8, 4) is 5.75 Å². The van der Waals surface area contributed by atoms with Crippen molar-refractivity contribution in [2.75, 3.05) is 7.11 Å². The molecule has 0 aliphatic carbocycles. The van der Waals surface area contributed by atoms with Gasteiger partial charge in [-0.1, -0.05) is 17.7 Å². The van der Waals surface area contributed by atoms with Gasteiger partial charge in [-0.2, -0.15) is 0 Å². The molecule has 1 heterocycles. The van der Waals surface area contributed by atoms with E-state index in [4.69, 9.17) is 16.3 Å². The smallest absolute Gasteiger partial charge is 0.264 e. The zero-order valence-electron chi connectivity index (χ0n) is 13.8. The van der Waals surface area contributed by atoms with Gasteiger partial charge < -0.3 is 10.1 Å². The minimum absolute atomic E-state index is 0.184. The van der Waals surface area contributed by atoms with Gasteiger partial charge in [-0.05, 0) is 92.0 Å². The molecule has 4 nitrogen and oxygen atoms in total. The number of carbonyl (C=O) groups excluding carboxylic acids is 1. The van der Waals surface area contributed by atoms with Gasteiger partial charge in [-0.3, -0.25) is 4.79 Å². The first-order valence-electron chi connectivity index (χ1n) is 7.46. The number of ether oxygens (including phenoxy) is 1. The number of nitrogens with one attached hydrogen (secondary N) is 1. The van der Waals surface area contributed by atoms with E-state index in [-0.39, 0.29) is 5.91 Å². The summed E-state index contributed by atoms with van der Waals surface area (Å²) in [6.07, 6.45) is 1.81. The molecule has 2 aromatic carbocycles. The minimum Gasteiger partial charge on any atom is -0.494 e. The number of nitrogens with zero attached hydrogens (tertiary/aromatic N) is 1. The predicted molar refractivity (Wildman–Crippen MR) is 115 cm³/mol. The van der Waals surface area contributed by atoms with Gasteiger partial charge >= 0.3 is 0 Å². The summed E-state index contributed by atoms with van der Waals surface area (Å²) < 4.78 is 6.90. The normalized spacial score (nSPS) is 17.0. The number of methoxy groups -OCH3 is 1. The fourth-order valence-corrected chi connectivity index (χ4v) is 4.87. The molecule has 0 atom stereocenters. The van der Waals surface area contributed by atoms with Crippen LogP contribution in [0, 0.1) is 6.92 Å². The molecule has 0 spiro atoms. The van der Waals surface area contributed by atoms with Crippen molar-refractivity contribution in [2.45, 2.75) is 6.92 Å². The number of hydrogen-bond acceptors (Lipinski definition) is 4. The van der Waals surface area contributed by atoms with Crippen LogP contribution in [0.4, 0.5) is 5.69 Å². The summed E-state index contributed by atoms with van der Waals surface area (Å²) in [5, 5.41) is 3.96. The second-order valence-electron chi connectivity index (χ2n) is 5.38. The number of thioether (sulfide) groups is 1. The zero-order valence-corrected chi connectivity index (χ0v) is 18.5. The van der Waals surface area contributed by atoms with Crippen LogP contribution in [0.1, 0.15) is 11.1 Å². The Morgan fingerprint density at radius 2 is 1.96 bits per heavy atom. The number of aliphatic imine (C=N–C) groups is 1. The quantitative estimate of drug-likeness (QED) is 0.504. The SMILES string of the molecule is COc1c(Br)cc(/C=C2\SC(=Nc3cccc(Cl)c3C)NC2=O)cc1Br. The van der Waals surface area contributed by atoms with E-state index in [1.807, 2.05) is 43.3 Å². The number of benzene rings is 2. The van der Waals surface area contributed by atoms with Crippen LogP contribution in [0.25, 0.3) is 6.08 Å². The number of hydrogen-bond donors (Lipinski definition) is 1. The van der Waals surface area contributed by atoms with E-state index < -0.39 is 0 Å². The first-order chi connectivity index (χ1) is 12.4. The minimum atomic E-state index is -0.184. The molecule has 26 heavy (non-hydrogen) atoms. The lowest BCUT2D eigenvalue weighted by molar-refractivity contribution is -0.115. The summed E-state index contributed by atoms with van der Waals surface area (Å²) in [6.45, 7) is 1.90. The Hall–Kier alpha value is -1.28. The van der Waals surface area contributed by atoms with Gasteiger partial charge in [0.05, 0.1) is 26.6 Å². The van der Waals surface area contributed by atoms with E-state index in [0.29, 0.717) is 20.8 Å². The molecular weight excluding hydrogens is 504 g/mol. The van der Waals surface area contributed by atoms with Crippen molar-refractivity contribution in [1.82, 2.24) is 5.32 Å². The van der Waals surface area contributed by atoms with Crippen molar-refractivity contribution in [1.29, 1.82) is 0 Å². The van der Waals surface area contributed by atoms with Gasteiger partial charge in [-0.15, -0.1) is 0 Å². The monoisotopic (exact) mass is 514 g/mol. The highest BCUT2D eigenvalue weighted by molar-refractivity contribution is 9.11. The Morgan fingerprint density at radius 3 is 2.62 bits per heavy atom. The summed E-state index contributed by atoms with van der Waals surface area (Å²) in [7, 11) is 1.60. The van der Waals surface area contributed by atoms with Crippen LogP contribution in [-0.2, 0) is 4.79 Å². The molecule has 0 saturated carbocycles. The molecule has 2 aromatic rings. The Morgan fingerprint density at radius 1 is 1.27 bits per heavy atom. The predicted octanol–water partition coefficient (Wildman–Crippen LogP) is 6.07. The van der Waals surface area contributed by atoms with Crippen LogP contribution in [0.3, 0.4) is 0 Å². The molecule has 1 aliphatic rings. The molecule has 0 radical (unpaired) electrons. The molecule has 0 aromatic heterocycles. The van der Waals surface area contributed by atoms with Gasteiger partial charge in [0.1, 0.15) is 5.75 Å². The largest absolute Gasteiger partial charge is 0.494 e. The van der Waals surface area contributed by atoms with Crippen molar-refractivity contribution < 1.29 is 9.53 Å². The second kappa shape index (κ2) is 8.17. The first kappa shape index (κ1) is 19.5. The third-order valence-corrected chi connectivity index (χ3v) is 6.13. The molecule has 1 fully saturated rings. The van der Waals surface area contributed by atoms with Gasteiger partial charge in [0.15, 0.2) is 5.17 Å². The Balaban J connectivity index is 1.89. The van der Waals surface area contributed by atoms with Crippen molar-refractivity contribution in [3.05, 3.63) is 60.3 Å². The van der Waals surface area contributed by atoms with E-state index in [9.17, 15) is 4.79 Å². The fourth-order valence-electron chi connectivity index (χ4n) is 2.32. The highest BCUT2D eigenvalue weighted by Crippen LogP contribution is 2.36. The lowest BCUT2D eigenvalue weighted by atomic mass is 10.2. The Bertz CT molecular complexity index is 937. The average Bonchev–Trinajstić information content (AvgIpc) is 2.91. The van der Waals surface area contributed by atoms with Crippen LogP contribution in [-0.4, -0.2) is 18.2 Å². The first-order valence-corrected chi connectivity index (χ1v) is 10.2. The summed E-state index contributed by atoms with van der Waals surface area (Å²) in [6, 6.07) is 9.28. The summed E-state index contributed by atoms with van der Waals surface area (Å²) in [4.78, 5) is 17.3. The molecule has 1 aliphatic heterocycles. The lowest BCUT2D eigenvalue weighted by Gasteiger charge is -2.07. The van der Waals surface area contributed by atoms with Crippen molar-refractivity contribution in [3.63, 3.8) is 0 Å². The average molecular weight is 517 g/mol. The maximum Gasteiger partial charge on any atom is 0.264 e. The number of carbonyl (C=O) groups is 1. The molecule has 3 rings (SSSR count). The molecule has 134 valence electrons.